The molecule has 0 spiro atoms. The second-order valence-electron chi connectivity index (χ2n) is 15.2. The first-order valence-corrected chi connectivity index (χ1v) is 20.8. The standard InChI is InChI=1S/C26H26N2O.C12H15NO.C8H7N.C6H5Br/c1-19-13-15-22(16-14-19)28-18-17-26(3,25(28)29)24(23-12-8-7-9-20(23)2)27-21-10-5-4-6-11-21;1-9-3-5-11(6-4-9)13-8-7-10(2)12(13)14;1-7-4-2-3-5-8(7)6-9;7-6-4-2-1-3-5-6/h4-16H,17-18H2,1-3H3;3-6,10H,7-8H2,1-2H3;2-5H,1H3;1-5H/t26-;;;/m0.../s1. The van der Waals surface area contributed by atoms with Gasteiger partial charge in [-0.3, -0.25) is 14.6 Å². The molecule has 7 heteroatoms. The van der Waals surface area contributed by atoms with E-state index in [4.69, 9.17) is 10.3 Å². The first kappa shape index (κ1) is 44.0. The molecule has 59 heavy (non-hydrogen) atoms. The Balaban J connectivity index is 0.000000180. The van der Waals surface area contributed by atoms with E-state index in [0.717, 1.165) is 68.9 Å². The predicted molar refractivity (Wildman–Crippen MR) is 247 cm³/mol. The number of aryl methyl sites for hydroxylation is 4. The highest BCUT2D eigenvalue weighted by Crippen LogP contribution is 2.40. The van der Waals surface area contributed by atoms with Gasteiger partial charge in [0, 0.05) is 34.9 Å². The average molecular weight is 846 g/mol. The van der Waals surface area contributed by atoms with Crippen molar-refractivity contribution in [3.05, 3.63) is 196 Å². The second-order valence-corrected chi connectivity index (χ2v) is 16.1. The number of carbonyl (C=O) groups is 2. The Morgan fingerprint density at radius 2 is 1.17 bits per heavy atom. The molecule has 0 N–H and O–H groups in total. The zero-order valence-electron chi connectivity index (χ0n) is 34.9. The Morgan fingerprint density at radius 1 is 0.661 bits per heavy atom. The summed E-state index contributed by atoms with van der Waals surface area (Å²) in [5.74, 6) is 0.560. The van der Waals surface area contributed by atoms with Crippen molar-refractivity contribution in [2.75, 3.05) is 22.9 Å². The monoisotopic (exact) mass is 844 g/mol. The molecule has 6 aromatic carbocycles. The Hall–Kier alpha value is -6.10. The van der Waals surface area contributed by atoms with Crippen LogP contribution in [0.4, 0.5) is 17.1 Å². The summed E-state index contributed by atoms with van der Waals surface area (Å²) in [6.07, 6.45) is 1.71. The Morgan fingerprint density at radius 3 is 1.64 bits per heavy atom. The lowest BCUT2D eigenvalue weighted by Crippen LogP contribution is -2.39. The number of para-hydroxylation sites is 1. The molecule has 0 bridgehead atoms. The maximum atomic E-state index is 13.7. The van der Waals surface area contributed by atoms with Gasteiger partial charge >= 0.3 is 0 Å². The van der Waals surface area contributed by atoms with Crippen LogP contribution in [0.1, 0.15) is 60.1 Å². The van der Waals surface area contributed by atoms with Gasteiger partial charge in [0.2, 0.25) is 11.8 Å². The minimum Gasteiger partial charge on any atom is -0.312 e. The normalized spacial score (nSPS) is 17.1. The summed E-state index contributed by atoms with van der Waals surface area (Å²) >= 11 is 3.31. The molecular formula is C52H53BrN4O2. The molecular weight excluding hydrogens is 793 g/mol. The van der Waals surface area contributed by atoms with Crippen LogP contribution < -0.4 is 9.80 Å². The Labute approximate surface area is 359 Å². The van der Waals surface area contributed by atoms with Gasteiger partial charge in [-0.1, -0.05) is 137 Å². The highest BCUT2D eigenvalue weighted by Gasteiger charge is 2.48. The van der Waals surface area contributed by atoms with Crippen LogP contribution in [-0.2, 0) is 9.59 Å². The first-order chi connectivity index (χ1) is 28.4. The number of rotatable bonds is 5. The van der Waals surface area contributed by atoms with Crippen molar-refractivity contribution in [3.63, 3.8) is 0 Å². The molecule has 2 saturated heterocycles. The molecule has 300 valence electrons. The number of benzene rings is 6. The van der Waals surface area contributed by atoms with Crippen molar-refractivity contribution in [3.8, 4) is 6.07 Å². The van der Waals surface area contributed by atoms with E-state index in [0.29, 0.717) is 6.54 Å². The largest absolute Gasteiger partial charge is 0.312 e. The lowest BCUT2D eigenvalue weighted by molar-refractivity contribution is -0.122. The minimum absolute atomic E-state index is 0.110. The number of nitrogens with zero attached hydrogens (tertiary/aromatic N) is 4. The van der Waals surface area contributed by atoms with E-state index in [1.54, 1.807) is 0 Å². The van der Waals surface area contributed by atoms with Gasteiger partial charge in [0.1, 0.15) is 0 Å². The smallest absolute Gasteiger partial charge is 0.239 e. The minimum atomic E-state index is -0.674. The van der Waals surface area contributed by atoms with Crippen LogP contribution in [0.5, 0.6) is 0 Å². The number of carbonyl (C=O) groups excluding carboxylic acids is 2. The van der Waals surface area contributed by atoms with Crippen molar-refractivity contribution >= 4 is 50.5 Å². The average Bonchev–Trinajstić information content (AvgIpc) is 3.75. The molecule has 2 heterocycles. The van der Waals surface area contributed by atoms with Gasteiger partial charge in [-0.05, 0) is 119 Å². The molecule has 0 radical (unpaired) electrons. The molecule has 2 aliphatic heterocycles. The summed E-state index contributed by atoms with van der Waals surface area (Å²) < 4.78 is 1.13. The van der Waals surface area contributed by atoms with Gasteiger partial charge in [-0.15, -0.1) is 0 Å². The zero-order valence-corrected chi connectivity index (χ0v) is 36.5. The van der Waals surface area contributed by atoms with Gasteiger partial charge in [-0.25, -0.2) is 0 Å². The quantitative estimate of drug-likeness (QED) is 0.162. The maximum Gasteiger partial charge on any atom is 0.239 e. The van der Waals surface area contributed by atoms with Crippen LogP contribution in [0, 0.1) is 50.4 Å². The van der Waals surface area contributed by atoms with Crippen LogP contribution in [0.2, 0.25) is 0 Å². The molecule has 1 unspecified atom stereocenters. The maximum absolute atomic E-state index is 13.7. The van der Waals surface area contributed by atoms with Gasteiger partial charge < -0.3 is 9.80 Å². The van der Waals surface area contributed by atoms with Crippen molar-refractivity contribution in [1.82, 2.24) is 0 Å². The van der Waals surface area contributed by atoms with Crippen LogP contribution in [0.3, 0.4) is 0 Å². The lowest BCUT2D eigenvalue weighted by atomic mass is 9.78. The van der Waals surface area contributed by atoms with Crippen molar-refractivity contribution in [2.24, 2.45) is 16.3 Å². The topological polar surface area (TPSA) is 76.8 Å². The van der Waals surface area contributed by atoms with Crippen molar-refractivity contribution in [2.45, 2.75) is 54.4 Å². The fraction of sp³-hybridized carbons (Fsp3) is 0.231. The molecule has 2 amide bonds. The van der Waals surface area contributed by atoms with Crippen molar-refractivity contribution in [1.29, 1.82) is 5.26 Å². The van der Waals surface area contributed by atoms with E-state index in [1.165, 1.54) is 11.1 Å². The van der Waals surface area contributed by atoms with Gasteiger partial charge in [0.15, 0.2) is 0 Å². The number of anilines is 2. The van der Waals surface area contributed by atoms with Crippen LogP contribution in [-0.4, -0.2) is 30.6 Å². The number of nitriles is 1. The molecule has 0 aliphatic carbocycles. The molecule has 2 aliphatic rings. The number of halogens is 1. The summed E-state index contributed by atoms with van der Waals surface area (Å²) in [7, 11) is 0. The molecule has 0 saturated carbocycles. The molecule has 2 atom stereocenters. The van der Waals surface area contributed by atoms with Gasteiger partial charge in [0.25, 0.3) is 0 Å². The molecule has 0 aromatic heterocycles. The fourth-order valence-electron chi connectivity index (χ4n) is 6.90. The summed E-state index contributed by atoms with van der Waals surface area (Å²) in [4.78, 5) is 34.2. The zero-order chi connectivity index (χ0) is 42.4. The third-order valence-electron chi connectivity index (χ3n) is 10.6. The predicted octanol–water partition coefficient (Wildman–Crippen LogP) is 12.6. The van der Waals surface area contributed by atoms with E-state index < -0.39 is 5.41 Å². The summed E-state index contributed by atoms with van der Waals surface area (Å²) in [5, 5.41) is 8.47. The number of hydrogen-bond donors (Lipinski definition) is 0. The number of aliphatic imine (C=N–C) groups is 1. The van der Waals surface area contributed by atoms with E-state index in [1.807, 2.05) is 164 Å². The molecule has 2 fully saturated rings. The van der Waals surface area contributed by atoms with Crippen LogP contribution >= 0.6 is 15.9 Å². The second kappa shape index (κ2) is 21.1. The van der Waals surface area contributed by atoms with Gasteiger partial charge in [0.05, 0.1) is 28.4 Å². The Bertz CT molecular complexity index is 2370. The molecule has 8 rings (SSSR count). The Kier molecular flexibility index (Phi) is 15.7. The third-order valence-corrected chi connectivity index (χ3v) is 11.2. The third kappa shape index (κ3) is 11.7. The SMILES string of the molecule is Brc1ccccc1.Cc1ccc(N2CCC(C)C2=O)cc1.Cc1ccc(N2CC[C@@](C)(C(=Nc3ccccc3)c3ccccc3C)C2=O)cc1.Cc1ccccc1C#N. The van der Waals surface area contributed by atoms with Crippen LogP contribution in [0.15, 0.2) is 167 Å². The number of amides is 2. The van der Waals surface area contributed by atoms with E-state index >= 15 is 0 Å². The van der Waals surface area contributed by atoms with E-state index in [2.05, 4.69) is 67.0 Å². The fourth-order valence-corrected chi connectivity index (χ4v) is 7.21. The number of hydrogen-bond acceptors (Lipinski definition) is 4. The molecule has 6 aromatic rings. The van der Waals surface area contributed by atoms with E-state index in [-0.39, 0.29) is 17.7 Å². The summed E-state index contributed by atoms with van der Waals surface area (Å²) in [5.41, 5.74) is 9.42. The van der Waals surface area contributed by atoms with E-state index in [9.17, 15) is 9.59 Å². The summed E-state index contributed by atoms with van der Waals surface area (Å²) in [6.45, 7) is 13.7. The van der Waals surface area contributed by atoms with Crippen LogP contribution in [0.25, 0.3) is 0 Å². The highest BCUT2D eigenvalue weighted by atomic mass is 79.9. The summed E-state index contributed by atoms with van der Waals surface area (Å²) in [6, 6.07) is 54.0. The first-order valence-electron chi connectivity index (χ1n) is 20.0. The highest BCUT2D eigenvalue weighted by molar-refractivity contribution is 9.10. The van der Waals surface area contributed by atoms with Crippen molar-refractivity contribution < 1.29 is 9.59 Å². The molecule has 6 nitrogen and oxygen atoms in total. The van der Waals surface area contributed by atoms with Gasteiger partial charge in [-0.2, -0.15) is 5.26 Å². The lowest BCUT2D eigenvalue weighted by Gasteiger charge is -2.27.